The van der Waals surface area contributed by atoms with Gasteiger partial charge in [-0.25, -0.2) is 4.98 Å². The molecule has 0 unspecified atom stereocenters. The Bertz CT molecular complexity index is 428. The maximum absolute atomic E-state index is 6.03. The van der Waals surface area contributed by atoms with Crippen LogP contribution in [0, 0.1) is 0 Å². The molecule has 1 aromatic rings. The molecule has 0 radical (unpaired) electrons. The summed E-state index contributed by atoms with van der Waals surface area (Å²) in [5.41, 5.74) is 6.52. The van der Waals surface area contributed by atoms with Gasteiger partial charge >= 0.3 is 0 Å². The molecule has 106 valence electrons. The van der Waals surface area contributed by atoms with Gasteiger partial charge in [0.25, 0.3) is 0 Å². The van der Waals surface area contributed by atoms with E-state index in [2.05, 4.69) is 29.1 Å². The van der Waals surface area contributed by atoms with Crippen molar-refractivity contribution in [1.82, 2.24) is 9.97 Å². The minimum absolute atomic E-state index is 0.279. The molecule has 19 heavy (non-hydrogen) atoms. The van der Waals surface area contributed by atoms with Crippen LogP contribution in [-0.4, -0.2) is 23.1 Å². The second-order valence-corrected chi connectivity index (χ2v) is 5.49. The Hall–Kier alpha value is -1.52. The first kappa shape index (κ1) is 13.9. The number of nitrogens with one attached hydrogen (secondary N) is 1. The van der Waals surface area contributed by atoms with E-state index >= 15 is 0 Å². The van der Waals surface area contributed by atoms with Crippen LogP contribution in [0.4, 0.5) is 11.5 Å². The van der Waals surface area contributed by atoms with Gasteiger partial charge in [0, 0.05) is 12.0 Å². The van der Waals surface area contributed by atoms with E-state index < -0.39 is 0 Å². The van der Waals surface area contributed by atoms with Crippen molar-refractivity contribution in [2.75, 3.05) is 18.2 Å². The lowest BCUT2D eigenvalue weighted by molar-refractivity contribution is 0.385. The van der Waals surface area contributed by atoms with Gasteiger partial charge in [-0.3, -0.25) is 0 Å². The molecule has 0 aromatic carbocycles. The van der Waals surface area contributed by atoms with Crippen molar-refractivity contribution in [3.8, 4) is 5.88 Å². The predicted octanol–water partition coefficient (Wildman–Crippen LogP) is 2.94. The molecule has 0 amide bonds. The first-order valence-corrected chi connectivity index (χ1v) is 7.09. The standard InChI is InChI=1S/C14H24N4O/c1-9(2)16-13-11(15)14(19-3)18-12(17-13)10-7-5-4-6-8-10/h9-10H,4-8,15H2,1-3H3,(H,16,17,18). The van der Waals surface area contributed by atoms with Crippen molar-refractivity contribution in [2.45, 2.75) is 57.9 Å². The number of hydrogen-bond acceptors (Lipinski definition) is 5. The molecular weight excluding hydrogens is 240 g/mol. The third kappa shape index (κ3) is 3.28. The summed E-state index contributed by atoms with van der Waals surface area (Å²) in [5, 5.41) is 3.27. The molecule has 1 aliphatic carbocycles. The average molecular weight is 264 g/mol. The second-order valence-electron chi connectivity index (χ2n) is 5.49. The fourth-order valence-electron chi connectivity index (χ4n) is 2.55. The number of ether oxygens (including phenoxy) is 1. The van der Waals surface area contributed by atoms with Crippen molar-refractivity contribution < 1.29 is 4.74 Å². The van der Waals surface area contributed by atoms with E-state index in [-0.39, 0.29) is 6.04 Å². The summed E-state index contributed by atoms with van der Waals surface area (Å²) in [6.07, 6.45) is 6.16. The van der Waals surface area contributed by atoms with Gasteiger partial charge < -0.3 is 15.8 Å². The maximum atomic E-state index is 6.03. The minimum atomic E-state index is 0.279. The summed E-state index contributed by atoms with van der Waals surface area (Å²) in [6.45, 7) is 4.13. The molecule has 0 atom stereocenters. The van der Waals surface area contributed by atoms with E-state index in [4.69, 9.17) is 10.5 Å². The van der Waals surface area contributed by atoms with E-state index in [1.807, 2.05) is 0 Å². The van der Waals surface area contributed by atoms with Gasteiger partial charge in [0.2, 0.25) is 5.88 Å². The highest BCUT2D eigenvalue weighted by molar-refractivity contribution is 5.67. The van der Waals surface area contributed by atoms with Gasteiger partial charge in [-0.2, -0.15) is 4.98 Å². The highest BCUT2D eigenvalue weighted by Gasteiger charge is 2.22. The quantitative estimate of drug-likeness (QED) is 0.874. The second kappa shape index (κ2) is 6.08. The zero-order chi connectivity index (χ0) is 13.8. The Morgan fingerprint density at radius 2 is 1.89 bits per heavy atom. The van der Waals surface area contributed by atoms with E-state index in [1.54, 1.807) is 7.11 Å². The first-order valence-electron chi connectivity index (χ1n) is 7.09. The van der Waals surface area contributed by atoms with Gasteiger partial charge in [0.15, 0.2) is 5.82 Å². The number of nitrogen functional groups attached to an aromatic ring is 1. The summed E-state index contributed by atoms with van der Waals surface area (Å²) in [4.78, 5) is 9.10. The largest absolute Gasteiger partial charge is 0.479 e. The van der Waals surface area contributed by atoms with Crippen LogP contribution in [0.3, 0.4) is 0 Å². The van der Waals surface area contributed by atoms with Gasteiger partial charge in [-0.05, 0) is 26.7 Å². The number of methoxy groups -OCH3 is 1. The number of anilines is 2. The van der Waals surface area contributed by atoms with Crippen LogP contribution in [0.25, 0.3) is 0 Å². The molecule has 0 spiro atoms. The Balaban J connectivity index is 2.32. The summed E-state index contributed by atoms with van der Waals surface area (Å²) in [7, 11) is 1.60. The Labute approximate surface area is 115 Å². The lowest BCUT2D eigenvalue weighted by Gasteiger charge is -2.22. The SMILES string of the molecule is COc1nc(C2CCCCC2)nc(NC(C)C)c1N. The molecule has 0 saturated heterocycles. The number of nitrogens with zero attached hydrogens (tertiary/aromatic N) is 2. The summed E-state index contributed by atoms with van der Waals surface area (Å²) < 4.78 is 5.28. The average Bonchev–Trinajstić information content (AvgIpc) is 2.41. The molecule has 5 nitrogen and oxygen atoms in total. The van der Waals surface area contributed by atoms with Crippen LogP contribution < -0.4 is 15.8 Å². The highest BCUT2D eigenvalue weighted by atomic mass is 16.5. The summed E-state index contributed by atoms with van der Waals surface area (Å²) in [5.74, 6) is 2.49. The first-order chi connectivity index (χ1) is 9.11. The van der Waals surface area contributed by atoms with Crippen LogP contribution in [0.15, 0.2) is 0 Å². The highest BCUT2D eigenvalue weighted by Crippen LogP contribution is 2.34. The number of aromatic nitrogens is 2. The van der Waals surface area contributed by atoms with Crippen LogP contribution in [0.2, 0.25) is 0 Å². The molecule has 1 saturated carbocycles. The Kier molecular flexibility index (Phi) is 4.45. The summed E-state index contributed by atoms with van der Waals surface area (Å²) >= 11 is 0. The van der Waals surface area contributed by atoms with Crippen molar-refractivity contribution in [2.24, 2.45) is 0 Å². The fraction of sp³-hybridized carbons (Fsp3) is 0.714. The Morgan fingerprint density at radius 1 is 1.21 bits per heavy atom. The van der Waals surface area contributed by atoms with Gasteiger partial charge in [0.05, 0.1) is 7.11 Å². The van der Waals surface area contributed by atoms with E-state index in [9.17, 15) is 0 Å². The predicted molar refractivity (Wildman–Crippen MR) is 77.6 cm³/mol. The minimum Gasteiger partial charge on any atom is -0.479 e. The topological polar surface area (TPSA) is 73.1 Å². The van der Waals surface area contributed by atoms with E-state index in [0.717, 1.165) is 18.7 Å². The third-order valence-electron chi connectivity index (χ3n) is 3.52. The number of rotatable bonds is 4. The third-order valence-corrected chi connectivity index (χ3v) is 3.52. The molecule has 1 heterocycles. The molecular formula is C14H24N4O. The van der Waals surface area contributed by atoms with Crippen LogP contribution in [-0.2, 0) is 0 Å². The van der Waals surface area contributed by atoms with Gasteiger partial charge in [0.1, 0.15) is 11.5 Å². The molecule has 1 fully saturated rings. The van der Waals surface area contributed by atoms with Crippen LogP contribution in [0.5, 0.6) is 5.88 Å². The van der Waals surface area contributed by atoms with E-state index in [1.165, 1.54) is 19.3 Å². The molecule has 5 heteroatoms. The van der Waals surface area contributed by atoms with Crippen molar-refractivity contribution in [3.05, 3.63) is 5.82 Å². The molecule has 2 rings (SSSR count). The lowest BCUT2D eigenvalue weighted by Crippen LogP contribution is -2.17. The molecule has 1 aliphatic rings. The smallest absolute Gasteiger partial charge is 0.242 e. The van der Waals surface area contributed by atoms with Crippen molar-refractivity contribution >= 4 is 11.5 Å². The molecule has 0 bridgehead atoms. The molecule has 3 N–H and O–H groups in total. The fourth-order valence-corrected chi connectivity index (χ4v) is 2.55. The zero-order valence-corrected chi connectivity index (χ0v) is 12.1. The van der Waals surface area contributed by atoms with Crippen molar-refractivity contribution in [3.63, 3.8) is 0 Å². The van der Waals surface area contributed by atoms with Crippen LogP contribution >= 0.6 is 0 Å². The van der Waals surface area contributed by atoms with Crippen LogP contribution in [0.1, 0.15) is 57.7 Å². The molecule has 0 aliphatic heterocycles. The lowest BCUT2D eigenvalue weighted by atomic mass is 9.88. The zero-order valence-electron chi connectivity index (χ0n) is 12.1. The van der Waals surface area contributed by atoms with Crippen molar-refractivity contribution in [1.29, 1.82) is 0 Å². The molecule has 1 aromatic heterocycles. The number of nitrogens with two attached hydrogens (primary N) is 1. The Morgan fingerprint density at radius 3 is 2.47 bits per heavy atom. The normalized spacial score (nSPS) is 16.6. The monoisotopic (exact) mass is 264 g/mol. The van der Waals surface area contributed by atoms with E-state index in [0.29, 0.717) is 23.3 Å². The van der Waals surface area contributed by atoms with Gasteiger partial charge in [-0.1, -0.05) is 19.3 Å². The number of hydrogen-bond donors (Lipinski definition) is 2. The van der Waals surface area contributed by atoms with Gasteiger partial charge in [-0.15, -0.1) is 0 Å². The summed E-state index contributed by atoms with van der Waals surface area (Å²) in [6, 6.07) is 0.279. The maximum Gasteiger partial charge on any atom is 0.242 e.